The van der Waals surface area contributed by atoms with Gasteiger partial charge in [-0.05, 0) is 42.3 Å². The highest BCUT2D eigenvalue weighted by atomic mass is 35.5. The number of ether oxygens (including phenoxy) is 2. The van der Waals surface area contributed by atoms with Crippen molar-refractivity contribution in [2.75, 3.05) is 19.0 Å². The molecule has 4 rings (SSSR count). The van der Waals surface area contributed by atoms with Gasteiger partial charge < -0.3 is 14.8 Å². The van der Waals surface area contributed by atoms with E-state index in [9.17, 15) is 9.59 Å². The predicted molar refractivity (Wildman–Crippen MR) is 139 cm³/mol. The number of amides is 1. The normalized spacial score (nSPS) is 16.5. The molecule has 180 valence electrons. The molecule has 1 aliphatic rings. The maximum absolute atomic E-state index is 13.0. The average Bonchev–Trinajstić information content (AvgIpc) is 3.43. The van der Waals surface area contributed by atoms with Crippen LogP contribution in [0.4, 0.5) is 5.69 Å². The first-order chi connectivity index (χ1) is 16.9. The number of nitrogens with zero attached hydrogens (tertiary/aromatic N) is 2. The number of thioether (sulfide) groups is 1. The van der Waals surface area contributed by atoms with Crippen LogP contribution in [0.5, 0.6) is 11.5 Å². The Bertz CT molecular complexity index is 1320. The quantitative estimate of drug-likeness (QED) is 0.386. The Morgan fingerprint density at radius 1 is 1.23 bits per heavy atom. The van der Waals surface area contributed by atoms with Gasteiger partial charge in [0.15, 0.2) is 23.9 Å². The lowest BCUT2D eigenvalue weighted by Gasteiger charge is -2.12. The minimum Gasteiger partial charge on any atom is -0.493 e. The Hall–Kier alpha value is -3.21. The molecule has 1 saturated heterocycles. The molecule has 1 atom stereocenters. The van der Waals surface area contributed by atoms with Crippen molar-refractivity contribution in [3.63, 3.8) is 0 Å². The van der Waals surface area contributed by atoms with Gasteiger partial charge in [-0.1, -0.05) is 48.5 Å². The largest absolute Gasteiger partial charge is 0.493 e. The van der Waals surface area contributed by atoms with Crippen molar-refractivity contribution in [1.29, 1.82) is 5.41 Å². The van der Waals surface area contributed by atoms with E-state index >= 15 is 0 Å². The van der Waals surface area contributed by atoms with E-state index in [-0.39, 0.29) is 23.3 Å². The fourth-order valence-electron chi connectivity index (χ4n) is 3.28. The number of Topliss-reactive ketones (excluding diaryl/α,β-unsaturated/α-hetero) is 1. The van der Waals surface area contributed by atoms with Crippen LogP contribution in [0.2, 0.25) is 5.02 Å². The van der Waals surface area contributed by atoms with Crippen LogP contribution >= 0.6 is 34.7 Å². The van der Waals surface area contributed by atoms with Crippen LogP contribution in [0.25, 0.3) is 6.08 Å². The zero-order valence-electron chi connectivity index (χ0n) is 18.8. The molecule has 1 aromatic heterocycles. The maximum Gasteiger partial charge on any atom is 0.262 e. The van der Waals surface area contributed by atoms with Crippen LogP contribution in [-0.4, -0.2) is 40.6 Å². The van der Waals surface area contributed by atoms with E-state index in [1.165, 1.54) is 18.4 Å². The highest BCUT2D eigenvalue weighted by molar-refractivity contribution is 8.19. The number of ketones is 1. The van der Waals surface area contributed by atoms with Crippen LogP contribution in [0.3, 0.4) is 0 Å². The van der Waals surface area contributed by atoms with Crippen molar-refractivity contribution in [3.05, 3.63) is 68.0 Å². The summed E-state index contributed by atoms with van der Waals surface area (Å²) >= 11 is 8.55. The Balaban J connectivity index is 1.45. The van der Waals surface area contributed by atoms with Gasteiger partial charge >= 0.3 is 0 Å². The van der Waals surface area contributed by atoms with Gasteiger partial charge in [0.1, 0.15) is 15.9 Å². The number of aryl methyl sites for hydroxylation is 1. The second-order valence-electron chi connectivity index (χ2n) is 7.39. The monoisotopic (exact) mass is 528 g/mol. The molecular formula is C24H21ClN4O4S2. The second-order valence-corrected chi connectivity index (χ2v) is 9.97. The third-order valence-corrected chi connectivity index (χ3v) is 7.47. The Kier molecular flexibility index (Phi) is 7.84. The number of carbonyl (C=O) groups excluding carboxylic acids is 2. The molecule has 2 heterocycles. The van der Waals surface area contributed by atoms with Crippen molar-refractivity contribution < 1.29 is 19.1 Å². The first kappa shape index (κ1) is 24.9. The van der Waals surface area contributed by atoms with Crippen molar-refractivity contribution in [3.8, 4) is 11.5 Å². The fourth-order valence-corrected chi connectivity index (χ4v) is 5.41. The van der Waals surface area contributed by atoms with Gasteiger partial charge in [0.05, 0.1) is 27.8 Å². The van der Waals surface area contributed by atoms with Gasteiger partial charge in [-0.25, -0.2) is 0 Å². The number of hydrogen-bond acceptors (Lipinski definition) is 9. The van der Waals surface area contributed by atoms with E-state index in [0.717, 1.165) is 23.2 Å². The molecule has 0 saturated carbocycles. The van der Waals surface area contributed by atoms with E-state index in [4.69, 9.17) is 26.5 Å². The predicted octanol–water partition coefficient (Wildman–Crippen LogP) is 5.20. The van der Waals surface area contributed by atoms with Gasteiger partial charge in [0.25, 0.3) is 5.91 Å². The number of para-hydroxylation sites is 1. The number of carbonyl (C=O) groups is 2. The summed E-state index contributed by atoms with van der Waals surface area (Å²) in [6.45, 7) is 1.73. The zero-order valence-corrected chi connectivity index (χ0v) is 21.2. The van der Waals surface area contributed by atoms with Gasteiger partial charge in [-0.2, -0.15) is 0 Å². The number of hydrogen-bond donors (Lipinski definition) is 2. The molecule has 3 aromatic rings. The summed E-state index contributed by atoms with van der Waals surface area (Å²) in [5.41, 5.74) is 1.20. The van der Waals surface area contributed by atoms with Crippen LogP contribution in [-0.2, 0) is 16.0 Å². The number of nitrogens with one attached hydrogen (secondary N) is 2. The minimum atomic E-state index is -0.704. The number of anilines is 1. The third-order valence-electron chi connectivity index (χ3n) is 5.01. The van der Waals surface area contributed by atoms with E-state index in [1.54, 1.807) is 48.5 Å². The van der Waals surface area contributed by atoms with Gasteiger partial charge in [-0.3, -0.25) is 15.0 Å². The molecular weight excluding hydrogens is 508 g/mol. The molecule has 35 heavy (non-hydrogen) atoms. The molecule has 1 amide bonds. The van der Waals surface area contributed by atoms with E-state index in [1.807, 2.05) is 6.92 Å². The Morgan fingerprint density at radius 3 is 2.74 bits per heavy atom. The fraction of sp³-hybridized carbons (Fsp3) is 0.208. The van der Waals surface area contributed by atoms with Crippen molar-refractivity contribution >= 4 is 63.2 Å². The number of allylic oxidation sites excluding steroid dienone is 1. The van der Waals surface area contributed by atoms with E-state index in [2.05, 4.69) is 15.5 Å². The summed E-state index contributed by atoms with van der Waals surface area (Å²) in [4.78, 5) is 25.7. The molecule has 11 heteroatoms. The number of aromatic nitrogens is 2. The SMILES string of the molecule is CCc1nnc([C@@H]2C(=N)S/C(=C\c3ccc(OCC(=O)Nc4ccccc4Cl)c(OC)c3)C2=O)s1. The van der Waals surface area contributed by atoms with Crippen molar-refractivity contribution in [2.45, 2.75) is 19.3 Å². The number of methoxy groups -OCH3 is 1. The minimum absolute atomic E-state index is 0.172. The topological polar surface area (TPSA) is 114 Å². The van der Waals surface area contributed by atoms with Crippen molar-refractivity contribution in [2.24, 2.45) is 0 Å². The number of benzene rings is 2. The Labute approximate surface area is 215 Å². The number of halogens is 1. The van der Waals surface area contributed by atoms with Crippen molar-refractivity contribution in [1.82, 2.24) is 10.2 Å². The van der Waals surface area contributed by atoms with E-state index < -0.39 is 5.92 Å². The van der Waals surface area contributed by atoms with Crippen LogP contribution in [0.1, 0.15) is 28.4 Å². The number of rotatable bonds is 8. The zero-order chi connectivity index (χ0) is 24.9. The van der Waals surface area contributed by atoms with E-state index in [0.29, 0.717) is 37.7 Å². The molecule has 0 bridgehead atoms. The highest BCUT2D eigenvalue weighted by Crippen LogP contribution is 2.42. The molecule has 2 aromatic carbocycles. The molecule has 1 fully saturated rings. The smallest absolute Gasteiger partial charge is 0.262 e. The van der Waals surface area contributed by atoms with Gasteiger partial charge in [0.2, 0.25) is 0 Å². The third kappa shape index (κ3) is 5.72. The summed E-state index contributed by atoms with van der Waals surface area (Å²) in [6, 6.07) is 12.0. The summed E-state index contributed by atoms with van der Waals surface area (Å²) in [7, 11) is 1.49. The lowest BCUT2D eigenvalue weighted by Crippen LogP contribution is -2.20. The molecule has 2 N–H and O–H groups in total. The van der Waals surface area contributed by atoms with Crippen LogP contribution in [0, 0.1) is 5.41 Å². The molecule has 0 aliphatic carbocycles. The van der Waals surface area contributed by atoms with Crippen LogP contribution < -0.4 is 14.8 Å². The molecule has 8 nitrogen and oxygen atoms in total. The molecule has 0 radical (unpaired) electrons. The average molecular weight is 529 g/mol. The summed E-state index contributed by atoms with van der Waals surface area (Å²) in [5, 5.41) is 21.2. The molecule has 0 unspecified atom stereocenters. The molecule has 1 aliphatic heterocycles. The summed E-state index contributed by atoms with van der Waals surface area (Å²) in [5.74, 6) is -0.462. The van der Waals surface area contributed by atoms with Crippen LogP contribution in [0.15, 0.2) is 47.4 Å². The first-order valence-electron chi connectivity index (χ1n) is 10.6. The standard InChI is InChI=1S/C24H21ClN4O4S2/c1-3-20-28-29-24(35-20)21-22(31)18(34-23(21)26)11-13-8-9-16(17(10-13)32-2)33-12-19(30)27-15-7-5-4-6-14(15)25/h4-11,21,26H,3,12H2,1-2H3,(H,27,30)/b18-11-,26-23?/t21-/m0/s1. The molecule has 0 spiro atoms. The van der Waals surface area contributed by atoms with Gasteiger partial charge in [0, 0.05) is 0 Å². The summed E-state index contributed by atoms with van der Waals surface area (Å²) in [6.07, 6.45) is 2.44. The van der Waals surface area contributed by atoms with Gasteiger partial charge in [-0.15, -0.1) is 21.5 Å². The highest BCUT2D eigenvalue weighted by Gasteiger charge is 2.39. The summed E-state index contributed by atoms with van der Waals surface area (Å²) < 4.78 is 11.0. The lowest BCUT2D eigenvalue weighted by molar-refractivity contribution is -0.118. The second kappa shape index (κ2) is 11.0. The first-order valence-corrected chi connectivity index (χ1v) is 12.6. The maximum atomic E-state index is 13.0. The Morgan fingerprint density at radius 2 is 2.03 bits per heavy atom. The lowest BCUT2D eigenvalue weighted by atomic mass is 10.1.